The van der Waals surface area contributed by atoms with Gasteiger partial charge in [-0.3, -0.25) is 4.79 Å². The summed E-state index contributed by atoms with van der Waals surface area (Å²) in [6.45, 7) is 0.470. The molecule has 0 aliphatic carbocycles. The summed E-state index contributed by atoms with van der Waals surface area (Å²) in [6, 6.07) is 3.04. The molecule has 1 saturated heterocycles. The highest BCUT2D eigenvalue weighted by molar-refractivity contribution is 7.89. The summed E-state index contributed by atoms with van der Waals surface area (Å²) >= 11 is 5.80. The van der Waals surface area contributed by atoms with Gasteiger partial charge in [0.15, 0.2) is 0 Å². The number of rotatable bonds is 5. The number of nitrogens with two attached hydrogens (primary N) is 1. The van der Waals surface area contributed by atoms with E-state index in [2.05, 4.69) is 4.72 Å². The minimum Gasteiger partial charge on any atom is -0.381 e. The first-order valence-electron chi connectivity index (χ1n) is 6.59. The maximum atomic E-state index is 13.2. The Morgan fingerprint density at radius 3 is 2.64 bits per heavy atom. The molecule has 3 N–H and O–H groups in total. The van der Waals surface area contributed by atoms with Crippen LogP contribution in [0, 0.1) is 11.2 Å². The lowest BCUT2D eigenvalue weighted by molar-refractivity contribution is -0.132. The second kappa shape index (κ2) is 6.49. The van der Waals surface area contributed by atoms with Crippen LogP contribution in [-0.2, 0) is 19.6 Å². The Labute approximate surface area is 132 Å². The zero-order chi connectivity index (χ0) is 16.4. The van der Waals surface area contributed by atoms with Crippen molar-refractivity contribution >= 4 is 27.5 Å². The molecule has 0 atom stereocenters. The third-order valence-corrected chi connectivity index (χ3v) is 5.64. The first kappa shape index (κ1) is 17.1. The average molecular weight is 351 g/mol. The van der Waals surface area contributed by atoms with E-state index in [0.717, 1.165) is 18.2 Å². The Kier molecular flexibility index (Phi) is 5.06. The summed E-state index contributed by atoms with van der Waals surface area (Å²) < 4.78 is 45.2. The third kappa shape index (κ3) is 3.57. The Hall–Kier alpha value is -1.22. The molecule has 122 valence electrons. The van der Waals surface area contributed by atoms with E-state index in [1.807, 2.05) is 0 Å². The number of sulfonamides is 1. The second-order valence-corrected chi connectivity index (χ2v) is 7.30. The van der Waals surface area contributed by atoms with Gasteiger partial charge in [-0.1, -0.05) is 11.6 Å². The molecule has 1 aromatic rings. The van der Waals surface area contributed by atoms with Gasteiger partial charge in [0.2, 0.25) is 15.9 Å². The lowest BCUT2D eigenvalue weighted by atomic mass is 9.80. The highest BCUT2D eigenvalue weighted by Crippen LogP contribution is 2.30. The summed E-state index contributed by atoms with van der Waals surface area (Å²) in [5.41, 5.74) is 4.40. The lowest BCUT2D eigenvalue weighted by Crippen LogP contribution is -2.49. The van der Waals surface area contributed by atoms with E-state index < -0.39 is 27.2 Å². The number of hydrogen-bond donors (Lipinski definition) is 2. The molecule has 0 radical (unpaired) electrons. The summed E-state index contributed by atoms with van der Waals surface area (Å²) in [5, 5.41) is -0.103. The number of halogens is 2. The fraction of sp³-hybridized carbons (Fsp3) is 0.462. The first-order valence-corrected chi connectivity index (χ1v) is 8.45. The predicted octanol–water partition coefficient (Wildman–Crippen LogP) is 1.04. The minimum atomic E-state index is -4.06. The molecule has 0 bridgehead atoms. The smallest absolute Gasteiger partial charge is 0.242 e. The summed E-state index contributed by atoms with van der Waals surface area (Å²) in [5.74, 6) is -1.32. The molecule has 22 heavy (non-hydrogen) atoms. The van der Waals surface area contributed by atoms with E-state index in [0.29, 0.717) is 26.1 Å². The summed E-state index contributed by atoms with van der Waals surface area (Å²) in [7, 11) is -4.06. The van der Waals surface area contributed by atoms with Gasteiger partial charge in [0.05, 0.1) is 10.4 Å². The number of nitrogens with one attached hydrogen (secondary N) is 1. The minimum absolute atomic E-state index is 0.103. The van der Waals surface area contributed by atoms with Gasteiger partial charge in [-0.15, -0.1) is 0 Å². The third-order valence-electron chi connectivity index (χ3n) is 3.76. The van der Waals surface area contributed by atoms with Gasteiger partial charge in [-0.05, 0) is 31.0 Å². The molecule has 1 aliphatic rings. The summed E-state index contributed by atoms with van der Waals surface area (Å²) in [6.07, 6.45) is 0.642. The molecule has 9 heteroatoms. The molecule has 1 amide bonds. The quantitative estimate of drug-likeness (QED) is 0.828. The van der Waals surface area contributed by atoms with Crippen LogP contribution in [0.3, 0.4) is 0 Å². The van der Waals surface area contributed by atoms with Crippen LogP contribution in [0.4, 0.5) is 4.39 Å². The SMILES string of the molecule is NC(=O)C1(CNS(=O)(=O)c2cc(F)ccc2Cl)CCOCC1. The van der Waals surface area contributed by atoms with Crippen molar-refractivity contribution in [2.75, 3.05) is 19.8 Å². The van der Waals surface area contributed by atoms with E-state index in [-0.39, 0.29) is 16.5 Å². The maximum Gasteiger partial charge on any atom is 0.242 e. The maximum absolute atomic E-state index is 13.2. The standard InChI is InChI=1S/C13H16ClFN2O4S/c14-10-2-1-9(15)7-11(10)22(19,20)17-8-13(12(16)18)3-5-21-6-4-13/h1-2,7,17H,3-6,8H2,(H2,16,18). The van der Waals surface area contributed by atoms with Gasteiger partial charge in [-0.2, -0.15) is 0 Å². The van der Waals surface area contributed by atoms with Crippen LogP contribution in [0.25, 0.3) is 0 Å². The van der Waals surface area contributed by atoms with Crippen molar-refractivity contribution in [3.63, 3.8) is 0 Å². The number of ether oxygens (including phenoxy) is 1. The Morgan fingerprint density at radius 1 is 1.41 bits per heavy atom. The van der Waals surface area contributed by atoms with Crippen molar-refractivity contribution in [3.05, 3.63) is 29.0 Å². The fourth-order valence-electron chi connectivity index (χ4n) is 2.27. The second-order valence-electron chi connectivity index (χ2n) is 5.16. The van der Waals surface area contributed by atoms with E-state index in [9.17, 15) is 17.6 Å². The molecule has 1 heterocycles. The van der Waals surface area contributed by atoms with Crippen LogP contribution in [-0.4, -0.2) is 34.1 Å². The zero-order valence-electron chi connectivity index (χ0n) is 11.6. The van der Waals surface area contributed by atoms with Crippen molar-refractivity contribution in [2.45, 2.75) is 17.7 Å². The predicted molar refractivity (Wildman–Crippen MR) is 78.3 cm³/mol. The van der Waals surface area contributed by atoms with Crippen LogP contribution < -0.4 is 10.5 Å². The average Bonchev–Trinajstić information content (AvgIpc) is 2.48. The van der Waals surface area contributed by atoms with Crippen LogP contribution in [0.1, 0.15) is 12.8 Å². The molecule has 1 aliphatic heterocycles. The van der Waals surface area contributed by atoms with Gasteiger partial charge < -0.3 is 10.5 Å². The Morgan fingerprint density at radius 2 is 2.05 bits per heavy atom. The highest BCUT2D eigenvalue weighted by Gasteiger charge is 2.39. The normalized spacial score (nSPS) is 18.1. The molecule has 0 aromatic heterocycles. The fourth-order valence-corrected chi connectivity index (χ4v) is 3.90. The number of carbonyl (C=O) groups is 1. The lowest BCUT2D eigenvalue weighted by Gasteiger charge is -2.34. The first-order chi connectivity index (χ1) is 10.3. The van der Waals surface area contributed by atoms with Crippen LogP contribution in [0.15, 0.2) is 23.1 Å². The van der Waals surface area contributed by atoms with Crippen molar-refractivity contribution in [2.24, 2.45) is 11.1 Å². The van der Waals surface area contributed by atoms with Crippen LogP contribution in [0.5, 0.6) is 0 Å². The van der Waals surface area contributed by atoms with Crippen molar-refractivity contribution in [1.82, 2.24) is 4.72 Å². The molecular weight excluding hydrogens is 335 g/mol. The van der Waals surface area contributed by atoms with Crippen LogP contribution >= 0.6 is 11.6 Å². The molecule has 0 spiro atoms. The Bertz CT molecular complexity index is 675. The largest absolute Gasteiger partial charge is 0.381 e. The Balaban J connectivity index is 2.21. The van der Waals surface area contributed by atoms with Crippen LogP contribution in [0.2, 0.25) is 5.02 Å². The van der Waals surface area contributed by atoms with Gasteiger partial charge in [-0.25, -0.2) is 17.5 Å². The molecule has 1 aromatic carbocycles. The topological polar surface area (TPSA) is 98.5 Å². The monoisotopic (exact) mass is 350 g/mol. The van der Waals surface area contributed by atoms with Crippen molar-refractivity contribution in [1.29, 1.82) is 0 Å². The zero-order valence-corrected chi connectivity index (χ0v) is 13.2. The molecule has 0 saturated carbocycles. The van der Waals surface area contributed by atoms with Gasteiger partial charge in [0, 0.05) is 19.8 Å². The van der Waals surface area contributed by atoms with E-state index in [4.69, 9.17) is 22.1 Å². The van der Waals surface area contributed by atoms with Gasteiger partial charge >= 0.3 is 0 Å². The van der Waals surface area contributed by atoms with Gasteiger partial charge in [0.25, 0.3) is 0 Å². The molecule has 1 fully saturated rings. The van der Waals surface area contributed by atoms with Crippen molar-refractivity contribution in [3.8, 4) is 0 Å². The number of primary amides is 1. The number of benzene rings is 1. The van der Waals surface area contributed by atoms with E-state index >= 15 is 0 Å². The number of amides is 1. The van der Waals surface area contributed by atoms with Crippen molar-refractivity contribution < 1.29 is 22.3 Å². The molecule has 2 rings (SSSR count). The van der Waals surface area contributed by atoms with Gasteiger partial charge in [0.1, 0.15) is 10.7 Å². The number of carbonyl (C=O) groups excluding carboxylic acids is 1. The molecule has 0 unspecified atom stereocenters. The molecule has 6 nitrogen and oxygen atoms in total. The molecular formula is C13H16ClFN2O4S. The van der Waals surface area contributed by atoms with E-state index in [1.54, 1.807) is 0 Å². The number of hydrogen-bond acceptors (Lipinski definition) is 4. The van der Waals surface area contributed by atoms with E-state index in [1.165, 1.54) is 0 Å². The highest BCUT2D eigenvalue weighted by atomic mass is 35.5. The summed E-state index contributed by atoms with van der Waals surface area (Å²) in [4.78, 5) is 11.3.